The zero-order valence-corrected chi connectivity index (χ0v) is 9.99. The fourth-order valence-electron chi connectivity index (χ4n) is 1.18. The van der Waals surface area contributed by atoms with Crippen molar-refractivity contribution in [1.29, 1.82) is 0 Å². The Hall–Kier alpha value is -1.20. The number of hydrogen-bond acceptors (Lipinski definition) is 5. The monoisotopic (exact) mass is 224 g/mol. The van der Waals surface area contributed by atoms with Crippen LogP contribution in [0.3, 0.4) is 0 Å². The summed E-state index contributed by atoms with van der Waals surface area (Å²) in [5, 5.41) is 6.38. The number of nitrogens with zero attached hydrogens (tertiary/aromatic N) is 2. The Morgan fingerprint density at radius 1 is 1.25 bits per heavy atom. The molecule has 2 N–H and O–H groups in total. The second-order valence-corrected chi connectivity index (χ2v) is 3.51. The Balaban J connectivity index is 2.27. The van der Waals surface area contributed by atoms with Crippen molar-refractivity contribution in [1.82, 2.24) is 15.3 Å². The third-order valence-corrected chi connectivity index (χ3v) is 2.05. The van der Waals surface area contributed by atoms with Gasteiger partial charge in [-0.25, -0.2) is 9.97 Å². The van der Waals surface area contributed by atoms with Crippen LogP contribution in [-0.2, 0) is 11.3 Å². The maximum absolute atomic E-state index is 4.94. The lowest BCUT2D eigenvalue weighted by Crippen LogP contribution is -2.18. The molecule has 1 aromatic heterocycles. The lowest BCUT2D eigenvalue weighted by atomic mass is 10.3. The van der Waals surface area contributed by atoms with Crippen LogP contribution in [-0.4, -0.2) is 36.8 Å². The summed E-state index contributed by atoms with van der Waals surface area (Å²) in [5.74, 6) is 0.697. The average molecular weight is 224 g/mol. The first-order chi connectivity index (χ1) is 7.86. The lowest BCUT2D eigenvalue weighted by molar-refractivity contribution is 0.199. The zero-order valence-electron chi connectivity index (χ0n) is 9.99. The largest absolute Gasteiger partial charge is 0.383 e. The van der Waals surface area contributed by atoms with Crippen molar-refractivity contribution in [2.45, 2.75) is 19.9 Å². The summed E-state index contributed by atoms with van der Waals surface area (Å²) in [6.07, 6.45) is 4.75. The van der Waals surface area contributed by atoms with Crippen molar-refractivity contribution in [3.63, 3.8) is 0 Å². The second kappa shape index (κ2) is 8.01. The van der Waals surface area contributed by atoms with Crippen molar-refractivity contribution < 1.29 is 4.74 Å². The Morgan fingerprint density at radius 3 is 2.62 bits per heavy atom. The summed E-state index contributed by atoms with van der Waals surface area (Å²) >= 11 is 0. The Bertz CT molecular complexity index is 276. The van der Waals surface area contributed by atoms with E-state index in [0.717, 1.165) is 38.2 Å². The van der Waals surface area contributed by atoms with E-state index in [0.29, 0.717) is 5.95 Å². The van der Waals surface area contributed by atoms with E-state index >= 15 is 0 Å². The molecule has 0 saturated heterocycles. The van der Waals surface area contributed by atoms with Crippen LogP contribution in [0.5, 0.6) is 0 Å². The summed E-state index contributed by atoms with van der Waals surface area (Å²) in [6.45, 7) is 5.35. The highest BCUT2D eigenvalue weighted by atomic mass is 16.5. The summed E-state index contributed by atoms with van der Waals surface area (Å²) in [7, 11) is 1.69. The molecule has 0 unspecified atom stereocenters. The maximum atomic E-state index is 4.94. The van der Waals surface area contributed by atoms with Gasteiger partial charge in [0.2, 0.25) is 5.95 Å². The van der Waals surface area contributed by atoms with E-state index in [2.05, 4.69) is 27.5 Å². The first-order valence-corrected chi connectivity index (χ1v) is 5.61. The fourth-order valence-corrected chi connectivity index (χ4v) is 1.18. The number of nitrogens with one attached hydrogen (secondary N) is 2. The minimum atomic E-state index is 0.697. The summed E-state index contributed by atoms with van der Waals surface area (Å²) in [5.41, 5.74) is 1.08. The van der Waals surface area contributed by atoms with Gasteiger partial charge in [0, 0.05) is 44.7 Å². The van der Waals surface area contributed by atoms with Gasteiger partial charge in [0.05, 0.1) is 6.61 Å². The van der Waals surface area contributed by atoms with Gasteiger partial charge < -0.3 is 15.4 Å². The molecule has 0 amide bonds. The van der Waals surface area contributed by atoms with Crippen LogP contribution in [0.25, 0.3) is 0 Å². The van der Waals surface area contributed by atoms with Crippen LogP contribution in [0.4, 0.5) is 5.95 Å². The van der Waals surface area contributed by atoms with Crippen LogP contribution in [0.2, 0.25) is 0 Å². The first kappa shape index (κ1) is 12.9. The molecule has 0 spiro atoms. The van der Waals surface area contributed by atoms with Crippen LogP contribution < -0.4 is 10.6 Å². The van der Waals surface area contributed by atoms with Crippen molar-refractivity contribution in [2.75, 3.05) is 32.1 Å². The number of rotatable bonds is 8. The number of ether oxygens (including phenoxy) is 1. The number of methoxy groups -OCH3 is 1. The third kappa shape index (κ3) is 5.04. The van der Waals surface area contributed by atoms with Crippen LogP contribution >= 0.6 is 0 Å². The Labute approximate surface area is 96.6 Å². The molecule has 0 radical (unpaired) electrons. The van der Waals surface area contributed by atoms with Gasteiger partial charge in [-0.3, -0.25) is 0 Å². The van der Waals surface area contributed by atoms with Gasteiger partial charge in [0.25, 0.3) is 0 Å². The van der Waals surface area contributed by atoms with Gasteiger partial charge in [0.15, 0.2) is 0 Å². The van der Waals surface area contributed by atoms with Gasteiger partial charge in [-0.1, -0.05) is 6.92 Å². The SMILES string of the molecule is CCCNc1ncc(CNCCOC)cn1. The molecule has 0 saturated carbocycles. The van der Waals surface area contributed by atoms with E-state index in [9.17, 15) is 0 Å². The molecule has 1 rings (SSSR count). The molecule has 5 nitrogen and oxygen atoms in total. The quantitative estimate of drug-likeness (QED) is 0.646. The number of hydrogen-bond donors (Lipinski definition) is 2. The Kier molecular flexibility index (Phi) is 6.44. The normalized spacial score (nSPS) is 10.4. The van der Waals surface area contributed by atoms with E-state index in [-0.39, 0.29) is 0 Å². The van der Waals surface area contributed by atoms with Gasteiger partial charge >= 0.3 is 0 Å². The van der Waals surface area contributed by atoms with Crippen LogP contribution in [0.15, 0.2) is 12.4 Å². The molecule has 0 aliphatic carbocycles. The van der Waals surface area contributed by atoms with Gasteiger partial charge in [-0.05, 0) is 6.42 Å². The number of aromatic nitrogens is 2. The van der Waals surface area contributed by atoms with Crippen molar-refractivity contribution >= 4 is 5.95 Å². The predicted molar refractivity (Wildman–Crippen MR) is 64.4 cm³/mol. The molecule has 0 fully saturated rings. The third-order valence-electron chi connectivity index (χ3n) is 2.05. The average Bonchev–Trinajstić information content (AvgIpc) is 2.33. The minimum absolute atomic E-state index is 0.697. The molecule has 0 aromatic carbocycles. The summed E-state index contributed by atoms with van der Waals surface area (Å²) < 4.78 is 4.94. The molecule has 1 aromatic rings. The molecular weight excluding hydrogens is 204 g/mol. The van der Waals surface area contributed by atoms with Crippen LogP contribution in [0, 0.1) is 0 Å². The zero-order chi connectivity index (χ0) is 11.6. The standard InChI is InChI=1S/C11H20N4O/c1-3-4-13-11-14-8-10(9-15-11)7-12-5-6-16-2/h8-9,12H,3-7H2,1-2H3,(H,13,14,15). The topological polar surface area (TPSA) is 59.1 Å². The molecule has 1 heterocycles. The van der Waals surface area contributed by atoms with E-state index in [4.69, 9.17) is 4.74 Å². The molecule has 16 heavy (non-hydrogen) atoms. The molecule has 0 atom stereocenters. The fraction of sp³-hybridized carbons (Fsp3) is 0.636. The maximum Gasteiger partial charge on any atom is 0.222 e. The smallest absolute Gasteiger partial charge is 0.222 e. The summed E-state index contributed by atoms with van der Waals surface area (Å²) in [4.78, 5) is 8.44. The second-order valence-electron chi connectivity index (χ2n) is 3.51. The molecule has 0 bridgehead atoms. The minimum Gasteiger partial charge on any atom is -0.383 e. The predicted octanol–water partition coefficient (Wildman–Crippen LogP) is 1.03. The van der Waals surface area contributed by atoms with E-state index in [1.54, 1.807) is 7.11 Å². The molecule has 90 valence electrons. The molecule has 0 aliphatic heterocycles. The molecular formula is C11H20N4O. The Morgan fingerprint density at radius 2 is 2.00 bits per heavy atom. The lowest BCUT2D eigenvalue weighted by Gasteiger charge is -2.05. The number of anilines is 1. The first-order valence-electron chi connectivity index (χ1n) is 5.61. The van der Waals surface area contributed by atoms with Gasteiger partial charge in [0.1, 0.15) is 0 Å². The van der Waals surface area contributed by atoms with E-state index < -0.39 is 0 Å². The highest BCUT2D eigenvalue weighted by Gasteiger charge is 1.96. The molecule has 0 aliphatic rings. The van der Waals surface area contributed by atoms with Crippen molar-refractivity contribution in [3.8, 4) is 0 Å². The van der Waals surface area contributed by atoms with Gasteiger partial charge in [-0.2, -0.15) is 0 Å². The van der Waals surface area contributed by atoms with Crippen LogP contribution in [0.1, 0.15) is 18.9 Å². The van der Waals surface area contributed by atoms with E-state index in [1.807, 2.05) is 12.4 Å². The van der Waals surface area contributed by atoms with Gasteiger partial charge in [-0.15, -0.1) is 0 Å². The van der Waals surface area contributed by atoms with Crippen molar-refractivity contribution in [3.05, 3.63) is 18.0 Å². The van der Waals surface area contributed by atoms with Crippen molar-refractivity contribution in [2.24, 2.45) is 0 Å². The van der Waals surface area contributed by atoms with E-state index in [1.165, 1.54) is 0 Å². The highest BCUT2D eigenvalue weighted by molar-refractivity contribution is 5.24. The summed E-state index contributed by atoms with van der Waals surface area (Å²) in [6, 6.07) is 0. The highest BCUT2D eigenvalue weighted by Crippen LogP contribution is 1.99. The molecule has 5 heteroatoms.